The molecule has 2 aromatic rings. The summed E-state index contributed by atoms with van der Waals surface area (Å²) in [6.07, 6.45) is 1.91. The molecule has 28 heteroatoms. The molecule has 18 N–H and O–H groups in total. The van der Waals surface area contributed by atoms with Crippen molar-refractivity contribution in [3.63, 3.8) is 0 Å². The number of rotatable bonds is 39. The van der Waals surface area contributed by atoms with E-state index < -0.39 is 83.7 Å². The van der Waals surface area contributed by atoms with Gasteiger partial charge in [0, 0.05) is 108 Å². The van der Waals surface area contributed by atoms with Gasteiger partial charge < -0.3 is 90.5 Å². The molecule has 0 radical (unpaired) electrons. The van der Waals surface area contributed by atoms with Crippen LogP contribution < -0.4 is 76.1 Å². The van der Waals surface area contributed by atoms with Crippen LogP contribution in [0.25, 0.3) is 0 Å². The van der Waals surface area contributed by atoms with E-state index >= 15 is 0 Å². The molecule has 0 aliphatic carbocycles. The molecular formula is C56H86N16O12. The fourth-order valence-electron chi connectivity index (χ4n) is 8.19. The maximum Gasteiger partial charge on any atom is 0.407 e. The van der Waals surface area contributed by atoms with E-state index in [9.17, 15) is 47.9 Å². The standard InChI is InChI=1S/C56H86N16O12/c1-35(2)49(37(5)65-43(9-7-25-61-38(6)59)51(77)66-41-15-11-39(12-16-41)33-83-55(81)63-27-23-57)69-45(73)21-29-71(31-32-72-47(75)19-20-48(72)76)30-22-46(74)70-50(36(3)4)53(79)68-44(10-8-26-62-54(60)80)52(78)67-42-17-13-40(14-18-42)34-84-56(82)64-28-24-58/h11-20,35-36,43-44,49-50,61,65H,5-10,21-34,57-59H2,1-4H3,(H,63,81)(H,64,82)(H,66,77)(H,67,78)(H,68,79)(H,69,73)(H,70,74)(H3,60,62,80)/t43-,44?,49-,50-/m0/s1. The third-order valence-corrected chi connectivity index (χ3v) is 12.8. The fourth-order valence-corrected chi connectivity index (χ4v) is 8.19. The number of anilines is 2. The van der Waals surface area contributed by atoms with Gasteiger partial charge >= 0.3 is 18.2 Å². The van der Waals surface area contributed by atoms with Gasteiger partial charge in [-0.2, -0.15) is 0 Å². The van der Waals surface area contributed by atoms with Gasteiger partial charge in [0.1, 0.15) is 31.3 Å². The number of nitrogens with one attached hydrogen (secondary N) is 10. The molecule has 462 valence electrons. The second kappa shape index (κ2) is 37.4. The molecule has 0 aromatic heterocycles. The molecule has 11 amide bonds. The van der Waals surface area contributed by atoms with Gasteiger partial charge in [0.15, 0.2) is 0 Å². The predicted octanol–water partition coefficient (Wildman–Crippen LogP) is 0.127. The fraction of sp³-hybridized carbons (Fsp3) is 0.500. The minimum atomic E-state index is -1.13. The minimum absolute atomic E-state index is 0.000651. The average Bonchev–Trinajstić information content (AvgIpc) is 3.90. The molecule has 84 heavy (non-hydrogen) atoms. The maximum absolute atomic E-state index is 14.0. The molecule has 0 fully saturated rings. The number of primary amides is 1. The zero-order valence-electron chi connectivity index (χ0n) is 48.5. The molecule has 28 nitrogen and oxygen atoms in total. The molecule has 1 aliphatic rings. The van der Waals surface area contributed by atoms with Crippen molar-refractivity contribution >= 4 is 70.9 Å². The van der Waals surface area contributed by atoms with Crippen LogP contribution in [0.4, 0.5) is 25.8 Å². The molecule has 3 rings (SSSR count). The maximum atomic E-state index is 14.0. The Balaban J connectivity index is 1.70. The molecular weight excluding hydrogens is 1090 g/mol. The topological polar surface area (TPSA) is 420 Å². The molecule has 1 heterocycles. The summed E-state index contributed by atoms with van der Waals surface area (Å²) in [6.45, 7) is 16.7. The van der Waals surface area contributed by atoms with Gasteiger partial charge in [0.25, 0.3) is 11.8 Å². The predicted molar refractivity (Wildman–Crippen MR) is 315 cm³/mol. The Kier molecular flexibility index (Phi) is 30.9. The molecule has 0 saturated heterocycles. The van der Waals surface area contributed by atoms with Gasteiger partial charge in [-0.15, -0.1) is 0 Å². The first-order chi connectivity index (χ1) is 40.0. The van der Waals surface area contributed by atoms with Gasteiger partial charge in [0.05, 0.1) is 11.9 Å². The third kappa shape index (κ3) is 26.9. The number of hydrogen-bond donors (Lipinski definition) is 14. The number of ether oxygens (including phenoxy) is 2. The third-order valence-electron chi connectivity index (χ3n) is 12.8. The van der Waals surface area contributed by atoms with Crippen LogP contribution in [0.5, 0.6) is 0 Å². The first-order valence-electron chi connectivity index (χ1n) is 27.8. The van der Waals surface area contributed by atoms with Crippen LogP contribution in [0, 0.1) is 11.8 Å². The van der Waals surface area contributed by atoms with Gasteiger partial charge in [-0.3, -0.25) is 38.5 Å². The highest BCUT2D eigenvalue weighted by molar-refractivity contribution is 6.12. The van der Waals surface area contributed by atoms with E-state index in [1.807, 2.05) is 13.8 Å². The van der Waals surface area contributed by atoms with Crippen LogP contribution in [0.1, 0.15) is 77.3 Å². The summed E-state index contributed by atoms with van der Waals surface area (Å²) >= 11 is 0. The van der Waals surface area contributed by atoms with Gasteiger partial charge in [0.2, 0.25) is 29.5 Å². The molecule has 4 atom stereocenters. The lowest BCUT2D eigenvalue weighted by atomic mass is 9.99. The number of benzene rings is 2. The molecule has 2 aromatic carbocycles. The van der Waals surface area contributed by atoms with Crippen LogP contribution in [0.3, 0.4) is 0 Å². The second-order valence-corrected chi connectivity index (χ2v) is 20.3. The lowest BCUT2D eigenvalue weighted by molar-refractivity contribution is -0.137. The van der Waals surface area contributed by atoms with E-state index in [-0.39, 0.29) is 115 Å². The highest BCUT2D eigenvalue weighted by Crippen LogP contribution is 2.17. The minimum Gasteiger partial charge on any atom is -0.445 e. The summed E-state index contributed by atoms with van der Waals surface area (Å²) < 4.78 is 10.3. The van der Waals surface area contributed by atoms with Crippen LogP contribution in [0.15, 0.2) is 85.4 Å². The van der Waals surface area contributed by atoms with Crippen LogP contribution in [0.2, 0.25) is 0 Å². The summed E-state index contributed by atoms with van der Waals surface area (Å²) in [6, 6.07) is 8.71. The van der Waals surface area contributed by atoms with Crippen molar-refractivity contribution in [2.75, 3.05) is 76.1 Å². The summed E-state index contributed by atoms with van der Waals surface area (Å²) in [4.78, 5) is 132. The van der Waals surface area contributed by atoms with E-state index in [1.165, 1.54) is 0 Å². The number of carbonyl (C=O) groups is 10. The number of carbonyl (C=O) groups excluding carboxylic acids is 10. The number of imide groups is 1. The quantitative estimate of drug-likeness (QED) is 0.0312. The van der Waals surface area contributed by atoms with E-state index in [0.717, 1.165) is 17.1 Å². The van der Waals surface area contributed by atoms with Crippen LogP contribution >= 0.6 is 0 Å². The van der Waals surface area contributed by atoms with Crippen LogP contribution in [-0.2, 0) is 56.2 Å². The summed E-state index contributed by atoms with van der Waals surface area (Å²) in [5, 5.41) is 27.8. The Labute approximate surface area is 490 Å². The summed E-state index contributed by atoms with van der Waals surface area (Å²) in [5.41, 5.74) is 24.3. The molecule has 1 aliphatic heterocycles. The van der Waals surface area contributed by atoms with E-state index in [2.05, 4.69) is 66.3 Å². The Morgan fingerprint density at radius 2 is 1.00 bits per heavy atom. The van der Waals surface area contributed by atoms with E-state index in [1.54, 1.807) is 67.3 Å². The monoisotopic (exact) mass is 1170 g/mol. The lowest BCUT2D eigenvalue weighted by Crippen LogP contribution is -2.54. The summed E-state index contributed by atoms with van der Waals surface area (Å²) in [7, 11) is 0. The van der Waals surface area contributed by atoms with Crippen molar-refractivity contribution in [2.24, 2.45) is 34.8 Å². The molecule has 0 spiro atoms. The van der Waals surface area contributed by atoms with Gasteiger partial charge in [-0.25, -0.2) is 14.4 Å². The number of hydrogen-bond acceptors (Lipinski definition) is 18. The van der Waals surface area contributed by atoms with Gasteiger partial charge in [-0.1, -0.05) is 65.1 Å². The number of urea groups is 1. The second-order valence-electron chi connectivity index (χ2n) is 20.3. The number of amides is 11. The molecule has 0 bridgehead atoms. The van der Waals surface area contributed by atoms with E-state index in [0.29, 0.717) is 47.6 Å². The number of alkyl carbamates (subject to hydrolysis) is 2. The largest absolute Gasteiger partial charge is 0.445 e. The van der Waals surface area contributed by atoms with E-state index in [4.69, 9.17) is 32.4 Å². The Hall–Kier alpha value is -8.76. The van der Waals surface area contributed by atoms with Crippen molar-refractivity contribution in [3.8, 4) is 0 Å². The highest BCUT2D eigenvalue weighted by atomic mass is 16.6. The van der Waals surface area contributed by atoms with Crippen molar-refractivity contribution in [2.45, 2.75) is 104 Å². The average molecular weight is 1180 g/mol. The Bertz CT molecular complexity index is 2410. The normalized spacial score (nSPS) is 13.2. The highest BCUT2D eigenvalue weighted by Gasteiger charge is 2.31. The van der Waals surface area contributed by atoms with Crippen LogP contribution in [-0.4, -0.2) is 159 Å². The van der Waals surface area contributed by atoms with Crippen molar-refractivity contribution in [3.05, 3.63) is 96.5 Å². The smallest absolute Gasteiger partial charge is 0.407 e. The Morgan fingerprint density at radius 3 is 1.43 bits per heavy atom. The molecule has 1 unspecified atom stereocenters. The lowest BCUT2D eigenvalue weighted by Gasteiger charge is -2.30. The first-order valence-corrected chi connectivity index (χ1v) is 27.8. The Morgan fingerprint density at radius 1 is 0.560 bits per heavy atom. The van der Waals surface area contributed by atoms with Crippen molar-refractivity contribution in [1.29, 1.82) is 0 Å². The molecule has 0 saturated carbocycles. The zero-order valence-corrected chi connectivity index (χ0v) is 48.5. The van der Waals surface area contributed by atoms with Gasteiger partial charge in [-0.05, 0) is 72.9 Å². The first kappa shape index (κ1) is 69.5. The van der Waals surface area contributed by atoms with Crippen molar-refractivity contribution < 1.29 is 57.4 Å². The summed E-state index contributed by atoms with van der Waals surface area (Å²) in [5.74, 6) is -4.01. The van der Waals surface area contributed by atoms with Crippen molar-refractivity contribution in [1.82, 2.24) is 52.3 Å². The number of nitrogens with two attached hydrogens (primary N) is 4. The zero-order chi connectivity index (χ0) is 62.1. The number of nitrogens with zero attached hydrogens (tertiary/aromatic N) is 2. The SMILES string of the molecule is C=C(N)NCCC[C@H](NC(=C)[C@@H](NC(=O)CCN(CCC(=O)N[C@H](C(=O)NC(CCCNC(N)=O)C(=O)Nc1ccc(COC(=O)NCCN)cc1)C(C)C)CCN1C(=O)C=CC1=O)C(C)C)C(=O)Nc1ccc(COC(=O)NCCN)cc1.